The third-order valence-corrected chi connectivity index (χ3v) is 4.71. The number of urea groups is 1. The van der Waals surface area contributed by atoms with Gasteiger partial charge in [0, 0.05) is 6.54 Å². The fourth-order valence-electron chi connectivity index (χ4n) is 1.94. The van der Waals surface area contributed by atoms with Crippen LogP contribution in [0.4, 0.5) is 9.18 Å². The molecule has 7 nitrogen and oxygen atoms in total. The molecule has 0 spiro atoms. The van der Waals surface area contributed by atoms with Crippen molar-refractivity contribution in [3.8, 4) is 0 Å². The van der Waals surface area contributed by atoms with Crippen LogP contribution in [-0.4, -0.2) is 20.2 Å². The second-order valence-corrected chi connectivity index (χ2v) is 6.92. The first kappa shape index (κ1) is 18.6. The molecule has 0 unspecified atom stereocenters. The van der Waals surface area contributed by atoms with Crippen LogP contribution in [0.15, 0.2) is 58.5 Å². The molecule has 2 rings (SSSR count). The van der Waals surface area contributed by atoms with E-state index in [2.05, 4.69) is 15.2 Å². The molecule has 0 aliphatic rings. The van der Waals surface area contributed by atoms with E-state index in [1.807, 2.05) is 0 Å². The number of nitrogens with one attached hydrogen (secondary N) is 2. The Labute approximate surface area is 144 Å². The molecular formula is C16H17FN4O3S. The number of amides is 2. The van der Waals surface area contributed by atoms with E-state index < -0.39 is 16.1 Å². The number of benzene rings is 2. The van der Waals surface area contributed by atoms with Crippen molar-refractivity contribution < 1.29 is 17.6 Å². The molecule has 0 bridgehead atoms. The first-order valence-electron chi connectivity index (χ1n) is 7.22. The summed E-state index contributed by atoms with van der Waals surface area (Å²) >= 11 is 0. The van der Waals surface area contributed by atoms with E-state index in [1.165, 1.54) is 36.4 Å². The van der Waals surface area contributed by atoms with Gasteiger partial charge in [0.05, 0.1) is 10.6 Å². The summed E-state index contributed by atoms with van der Waals surface area (Å²) in [5, 5.41) is 3.77. The number of hydrogen-bond acceptors (Lipinski definition) is 4. The Morgan fingerprint density at radius 1 is 1.12 bits per heavy atom. The van der Waals surface area contributed by atoms with Crippen molar-refractivity contribution in [1.82, 2.24) is 10.1 Å². The van der Waals surface area contributed by atoms with Crippen LogP contribution >= 0.6 is 0 Å². The molecule has 0 saturated heterocycles. The van der Waals surface area contributed by atoms with Crippen LogP contribution in [0.3, 0.4) is 0 Å². The largest absolute Gasteiger partial charge is 0.350 e. The van der Waals surface area contributed by atoms with Crippen LogP contribution in [0.25, 0.3) is 0 Å². The fourth-order valence-corrected chi connectivity index (χ4v) is 2.96. The molecule has 0 atom stereocenters. The summed E-state index contributed by atoms with van der Waals surface area (Å²) in [6, 6.07) is 10.7. The van der Waals surface area contributed by atoms with Crippen molar-refractivity contribution in [2.45, 2.75) is 18.4 Å². The number of carbonyl (C=O) groups excluding carboxylic acids is 1. The van der Waals surface area contributed by atoms with Crippen molar-refractivity contribution in [3.05, 3.63) is 65.5 Å². The number of rotatable bonds is 6. The average molecular weight is 364 g/mol. The number of primary amides is 1. The van der Waals surface area contributed by atoms with E-state index in [-0.39, 0.29) is 17.3 Å². The van der Waals surface area contributed by atoms with Crippen molar-refractivity contribution in [2.24, 2.45) is 10.8 Å². The Kier molecular flexibility index (Phi) is 5.84. The minimum Gasteiger partial charge on any atom is -0.350 e. The quantitative estimate of drug-likeness (QED) is 0.535. The molecule has 0 aliphatic heterocycles. The van der Waals surface area contributed by atoms with Gasteiger partial charge in [0.15, 0.2) is 0 Å². The second-order valence-electron chi connectivity index (χ2n) is 5.15. The highest BCUT2D eigenvalue weighted by molar-refractivity contribution is 7.89. The van der Waals surface area contributed by atoms with E-state index >= 15 is 0 Å². The molecule has 2 aromatic rings. The normalized spacial score (nSPS) is 12.0. The second kappa shape index (κ2) is 7.86. The van der Waals surface area contributed by atoms with Gasteiger partial charge in [-0.1, -0.05) is 24.3 Å². The van der Waals surface area contributed by atoms with E-state index in [0.717, 1.165) is 0 Å². The van der Waals surface area contributed by atoms with Crippen LogP contribution in [0.5, 0.6) is 0 Å². The number of sulfonamides is 1. The summed E-state index contributed by atoms with van der Waals surface area (Å²) in [5.74, 6) is -0.384. The maximum absolute atomic E-state index is 12.8. The molecule has 2 aromatic carbocycles. The van der Waals surface area contributed by atoms with Crippen LogP contribution < -0.4 is 15.9 Å². The van der Waals surface area contributed by atoms with Crippen LogP contribution in [0.1, 0.15) is 18.1 Å². The predicted octanol–water partition coefficient (Wildman–Crippen LogP) is 1.70. The summed E-state index contributed by atoms with van der Waals surface area (Å²) in [5.41, 5.74) is 8.77. The molecule has 0 fully saturated rings. The highest BCUT2D eigenvalue weighted by atomic mass is 32.2. The zero-order valence-corrected chi connectivity index (χ0v) is 14.2. The van der Waals surface area contributed by atoms with Crippen molar-refractivity contribution in [1.29, 1.82) is 0 Å². The van der Waals surface area contributed by atoms with Crippen LogP contribution in [0, 0.1) is 5.82 Å². The maximum atomic E-state index is 12.8. The number of halogens is 1. The first-order valence-corrected chi connectivity index (χ1v) is 8.70. The van der Waals surface area contributed by atoms with E-state index in [9.17, 15) is 17.6 Å². The Balaban J connectivity index is 2.08. The lowest BCUT2D eigenvalue weighted by Gasteiger charge is -2.08. The standard InChI is InChI=1S/C16H17FN4O3S/c1-11(20-21-16(18)22)13-4-8-15(9-5-13)25(23,24)19-10-12-2-6-14(17)7-3-12/h2-9,19H,10H2,1H3,(H3,18,21,22)/b20-11-. The Morgan fingerprint density at radius 2 is 1.72 bits per heavy atom. The number of nitrogens with zero attached hydrogens (tertiary/aromatic N) is 1. The average Bonchev–Trinajstić information content (AvgIpc) is 2.59. The van der Waals surface area contributed by atoms with Gasteiger partial charge >= 0.3 is 6.03 Å². The number of nitrogens with two attached hydrogens (primary N) is 1. The molecule has 0 heterocycles. The van der Waals surface area contributed by atoms with E-state index in [1.54, 1.807) is 19.1 Å². The minimum absolute atomic E-state index is 0.0490. The lowest BCUT2D eigenvalue weighted by molar-refractivity contribution is 0.249. The summed E-state index contributed by atoms with van der Waals surface area (Å²) in [7, 11) is -3.71. The highest BCUT2D eigenvalue weighted by Crippen LogP contribution is 2.12. The zero-order valence-electron chi connectivity index (χ0n) is 13.4. The number of hydrazone groups is 1. The van der Waals surface area contributed by atoms with Gasteiger partial charge in [0.25, 0.3) is 0 Å². The highest BCUT2D eigenvalue weighted by Gasteiger charge is 2.14. The van der Waals surface area contributed by atoms with Crippen molar-refractivity contribution in [2.75, 3.05) is 0 Å². The lowest BCUT2D eigenvalue weighted by Crippen LogP contribution is -2.25. The van der Waals surface area contributed by atoms with Gasteiger partial charge in [0.2, 0.25) is 10.0 Å². The summed E-state index contributed by atoms with van der Waals surface area (Å²) in [6.07, 6.45) is 0. The third-order valence-electron chi connectivity index (χ3n) is 3.30. The topological polar surface area (TPSA) is 114 Å². The van der Waals surface area contributed by atoms with Gasteiger partial charge < -0.3 is 5.73 Å². The summed E-state index contributed by atoms with van der Waals surface area (Å²) < 4.78 is 39.9. The summed E-state index contributed by atoms with van der Waals surface area (Å²) in [6.45, 7) is 1.69. The summed E-state index contributed by atoms with van der Waals surface area (Å²) in [4.78, 5) is 10.7. The molecule has 132 valence electrons. The van der Waals surface area contributed by atoms with E-state index in [4.69, 9.17) is 5.73 Å². The minimum atomic E-state index is -3.71. The number of hydrogen-bond donors (Lipinski definition) is 3. The van der Waals surface area contributed by atoms with Crippen LogP contribution in [0.2, 0.25) is 0 Å². The molecule has 2 amide bonds. The van der Waals surface area contributed by atoms with Crippen molar-refractivity contribution in [3.63, 3.8) is 0 Å². The first-order chi connectivity index (χ1) is 11.8. The monoisotopic (exact) mass is 364 g/mol. The fraction of sp³-hybridized carbons (Fsp3) is 0.125. The van der Waals surface area contributed by atoms with E-state index in [0.29, 0.717) is 16.8 Å². The molecule has 25 heavy (non-hydrogen) atoms. The van der Waals surface area contributed by atoms with Gasteiger partial charge in [0.1, 0.15) is 5.82 Å². The maximum Gasteiger partial charge on any atom is 0.332 e. The van der Waals surface area contributed by atoms with Crippen molar-refractivity contribution >= 4 is 21.8 Å². The van der Waals surface area contributed by atoms with Gasteiger partial charge in [-0.3, -0.25) is 0 Å². The molecular weight excluding hydrogens is 347 g/mol. The molecule has 4 N–H and O–H groups in total. The van der Waals surface area contributed by atoms with Gasteiger partial charge in [-0.2, -0.15) is 5.10 Å². The third kappa shape index (κ3) is 5.37. The predicted molar refractivity (Wildman–Crippen MR) is 91.8 cm³/mol. The molecule has 0 aliphatic carbocycles. The molecule has 0 saturated carbocycles. The smallest absolute Gasteiger partial charge is 0.332 e. The molecule has 0 radical (unpaired) electrons. The van der Waals surface area contributed by atoms with Crippen LogP contribution in [-0.2, 0) is 16.6 Å². The van der Waals surface area contributed by atoms with Gasteiger partial charge in [-0.25, -0.2) is 27.8 Å². The molecule has 9 heteroatoms. The SMILES string of the molecule is C/C(=N/NC(N)=O)c1ccc(S(=O)(=O)NCc2ccc(F)cc2)cc1. The lowest BCUT2D eigenvalue weighted by atomic mass is 10.1. The van der Waals surface area contributed by atoms with Gasteiger partial charge in [-0.05, 0) is 42.3 Å². The Bertz CT molecular complexity index is 879. The Hall–Kier alpha value is -2.78. The molecule has 0 aromatic heterocycles. The zero-order chi connectivity index (χ0) is 18.4. The Morgan fingerprint density at radius 3 is 2.28 bits per heavy atom. The van der Waals surface area contributed by atoms with Gasteiger partial charge in [-0.15, -0.1) is 0 Å². The number of carbonyl (C=O) groups is 1.